The van der Waals surface area contributed by atoms with Crippen molar-refractivity contribution in [2.45, 2.75) is 0 Å². The van der Waals surface area contributed by atoms with Gasteiger partial charge in [0.2, 0.25) is 0 Å². The standard InChI is InChI=1S/C21H25N5O/c1-25-9-11-26(12-10-25)17-13-16(14-22-15-17)21-20(27-2)7-6-19(24-21)18-5-3-4-8-23-18/h3-8,13-14,22H,9-12,15H2,1-2H3. The molecular weight excluding hydrogens is 338 g/mol. The van der Waals surface area contributed by atoms with Crippen molar-refractivity contribution in [3.8, 4) is 17.1 Å². The third-order valence-corrected chi connectivity index (χ3v) is 5.05. The van der Waals surface area contributed by atoms with Crippen LogP contribution in [-0.4, -0.2) is 66.6 Å². The number of allylic oxidation sites excluding steroid dienone is 2. The summed E-state index contributed by atoms with van der Waals surface area (Å²) in [7, 11) is 3.86. The maximum atomic E-state index is 5.58. The van der Waals surface area contributed by atoms with Crippen LogP contribution in [0.15, 0.2) is 54.5 Å². The molecule has 0 radical (unpaired) electrons. The number of ether oxygens (including phenoxy) is 1. The van der Waals surface area contributed by atoms with Crippen molar-refractivity contribution in [3.05, 3.63) is 60.2 Å². The largest absolute Gasteiger partial charge is 0.494 e. The lowest BCUT2D eigenvalue weighted by Gasteiger charge is -2.36. The highest BCUT2D eigenvalue weighted by Crippen LogP contribution is 2.30. The number of pyridine rings is 2. The Bertz CT molecular complexity index is 854. The lowest BCUT2D eigenvalue weighted by molar-refractivity contribution is 0.184. The van der Waals surface area contributed by atoms with Gasteiger partial charge >= 0.3 is 0 Å². The van der Waals surface area contributed by atoms with E-state index in [1.165, 1.54) is 5.70 Å². The topological polar surface area (TPSA) is 53.5 Å². The summed E-state index contributed by atoms with van der Waals surface area (Å²) in [5.41, 5.74) is 4.86. The van der Waals surface area contributed by atoms with Crippen molar-refractivity contribution in [1.29, 1.82) is 0 Å². The van der Waals surface area contributed by atoms with E-state index >= 15 is 0 Å². The molecule has 1 saturated heterocycles. The SMILES string of the molecule is COc1ccc(-c2ccccn2)nc1C1=CNCC(N2CCN(C)CC2)=C1. The van der Waals surface area contributed by atoms with Crippen LogP contribution < -0.4 is 10.1 Å². The molecule has 0 bridgehead atoms. The van der Waals surface area contributed by atoms with E-state index in [9.17, 15) is 0 Å². The number of piperazine rings is 1. The van der Waals surface area contributed by atoms with Crippen molar-refractivity contribution in [2.75, 3.05) is 46.9 Å². The molecule has 1 N–H and O–H groups in total. The quantitative estimate of drug-likeness (QED) is 0.899. The van der Waals surface area contributed by atoms with Crippen molar-refractivity contribution < 1.29 is 4.74 Å². The average molecular weight is 363 g/mol. The number of nitrogens with one attached hydrogen (secondary N) is 1. The molecule has 27 heavy (non-hydrogen) atoms. The summed E-state index contributed by atoms with van der Waals surface area (Å²) in [6.45, 7) is 5.13. The number of dihydropyridines is 1. The molecule has 6 heteroatoms. The predicted molar refractivity (Wildman–Crippen MR) is 107 cm³/mol. The number of hydrogen-bond donors (Lipinski definition) is 1. The highest BCUT2D eigenvalue weighted by molar-refractivity contribution is 5.78. The first kappa shape index (κ1) is 17.5. The molecule has 0 aliphatic carbocycles. The summed E-state index contributed by atoms with van der Waals surface area (Å²) in [5, 5.41) is 3.41. The van der Waals surface area contributed by atoms with Crippen LogP contribution in [0, 0.1) is 0 Å². The third kappa shape index (κ3) is 3.80. The molecule has 0 saturated carbocycles. The molecule has 4 rings (SSSR count). The summed E-state index contributed by atoms with van der Waals surface area (Å²) in [5.74, 6) is 0.763. The molecule has 0 spiro atoms. The highest BCUT2D eigenvalue weighted by Gasteiger charge is 2.20. The monoisotopic (exact) mass is 363 g/mol. The van der Waals surface area contributed by atoms with Crippen LogP contribution in [0.5, 0.6) is 5.75 Å². The van der Waals surface area contributed by atoms with Crippen LogP contribution in [0.3, 0.4) is 0 Å². The van der Waals surface area contributed by atoms with Crippen molar-refractivity contribution in [3.63, 3.8) is 0 Å². The normalized spacial score (nSPS) is 17.8. The zero-order valence-electron chi connectivity index (χ0n) is 15.9. The maximum absolute atomic E-state index is 5.58. The van der Waals surface area contributed by atoms with Crippen LogP contribution in [0.4, 0.5) is 0 Å². The summed E-state index contributed by atoms with van der Waals surface area (Å²) >= 11 is 0. The minimum Gasteiger partial charge on any atom is -0.494 e. The second-order valence-corrected chi connectivity index (χ2v) is 6.87. The van der Waals surface area contributed by atoms with Crippen molar-refractivity contribution >= 4 is 5.57 Å². The highest BCUT2D eigenvalue weighted by atomic mass is 16.5. The molecule has 2 aromatic rings. The molecule has 2 aliphatic heterocycles. The first-order valence-corrected chi connectivity index (χ1v) is 9.29. The van der Waals surface area contributed by atoms with E-state index in [1.54, 1.807) is 13.3 Å². The first-order valence-electron chi connectivity index (χ1n) is 9.29. The Kier molecular flexibility index (Phi) is 5.07. The summed E-state index contributed by atoms with van der Waals surface area (Å²) in [4.78, 5) is 14.1. The molecule has 0 unspecified atom stereocenters. The van der Waals surface area contributed by atoms with Crippen LogP contribution in [-0.2, 0) is 0 Å². The van der Waals surface area contributed by atoms with E-state index in [2.05, 4.69) is 33.2 Å². The molecule has 4 heterocycles. The Hall–Kier alpha value is -2.86. The number of methoxy groups -OCH3 is 1. The van der Waals surface area contributed by atoms with Crippen molar-refractivity contribution in [1.82, 2.24) is 25.1 Å². The van der Waals surface area contributed by atoms with Gasteiger partial charge in [-0.2, -0.15) is 0 Å². The summed E-state index contributed by atoms with van der Waals surface area (Å²) < 4.78 is 5.58. The van der Waals surface area contributed by atoms with Crippen molar-refractivity contribution in [2.24, 2.45) is 0 Å². The minimum atomic E-state index is 0.763. The zero-order valence-corrected chi connectivity index (χ0v) is 15.9. The van der Waals surface area contributed by atoms with Gasteiger partial charge in [0.1, 0.15) is 11.4 Å². The second-order valence-electron chi connectivity index (χ2n) is 6.87. The second kappa shape index (κ2) is 7.80. The van der Waals surface area contributed by atoms with Gasteiger partial charge < -0.3 is 19.9 Å². The number of aromatic nitrogens is 2. The molecule has 2 aliphatic rings. The van der Waals surface area contributed by atoms with E-state index in [0.717, 1.165) is 61.1 Å². The van der Waals surface area contributed by atoms with Gasteiger partial charge in [-0.05, 0) is 37.4 Å². The molecule has 0 aromatic carbocycles. The smallest absolute Gasteiger partial charge is 0.145 e. The van der Waals surface area contributed by atoms with E-state index in [4.69, 9.17) is 9.72 Å². The first-order chi connectivity index (χ1) is 13.2. The maximum Gasteiger partial charge on any atom is 0.145 e. The van der Waals surface area contributed by atoms with E-state index in [0.29, 0.717) is 0 Å². The molecule has 1 fully saturated rings. The van der Waals surface area contributed by atoms with Crippen LogP contribution in [0.1, 0.15) is 5.69 Å². The lowest BCUT2D eigenvalue weighted by atomic mass is 10.1. The lowest BCUT2D eigenvalue weighted by Crippen LogP contribution is -2.45. The predicted octanol–water partition coefficient (Wildman–Crippen LogP) is 2.23. The van der Waals surface area contributed by atoms with Crippen LogP contribution in [0.2, 0.25) is 0 Å². The Morgan fingerprint density at radius 2 is 1.89 bits per heavy atom. The van der Waals surface area contributed by atoms with E-state index in [-0.39, 0.29) is 0 Å². The number of nitrogens with zero attached hydrogens (tertiary/aromatic N) is 4. The molecule has 2 aromatic heterocycles. The molecule has 6 nitrogen and oxygen atoms in total. The Balaban J connectivity index is 1.66. The van der Waals surface area contributed by atoms with E-state index in [1.807, 2.05) is 36.5 Å². The summed E-state index contributed by atoms with van der Waals surface area (Å²) in [6.07, 6.45) is 6.04. The van der Waals surface area contributed by atoms with Gasteiger partial charge in [0.05, 0.1) is 25.0 Å². The van der Waals surface area contributed by atoms with Gasteiger partial charge in [-0.15, -0.1) is 0 Å². The Morgan fingerprint density at radius 3 is 2.63 bits per heavy atom. The Labute approximate surface area is 160 Å². The van der Waals surface area contributed by atoms with E-state index < -0.39 is 0 Å². The Morgan fingerprint density at radius 1 is 1.04 bits per heavy atom. The van der Waals surface area contributed by atoms with Gasteiger partial charge in [0.25, 0.3) is 0 Å². The van der Waals surface area contributed by atoms with Gasteiger partial charge in [-0.3, -0.25) is 4.98 Å². The average Bonchev–Trinajstić information content (AvgIpc) is 2.74. The molecule has 0 amide bonds. The molecule has 140 valence electrons. The fourth-order valence-electron chi connectivity index (χ4n) is 3.45. The van der Waals surface area contributed by atoms with Crippen LogP contribution >= 0.6 is 0 Å². The zero-order chi connectivity index (χ0) is 18.6. The minimum absolute atomic E-state index is 0.763. The molecular formula is C21H25N5O. The van der Waals surface area contributed by atoms with Gasteiger partial charge in [-0.1, -0.05) is 6.07 Å². The fourth-order valence-corrected chi connectivity index (χ4v) is 3.45. The summed E-state index contributed by atoms with van der Waals surface area (Å²) in [6, 6.07) is 9.77. The van der Waals surface area contributed by atoms with Gasteiger partial charge in [0, 0.05) is 49.8 Å². The number of likely N-dealkylation sites (N-methyl/N-ethyl adjacent to an activating group) is 1. The number of hydrogen-bond acceptors (Lipinski definition) is 6. The number of rotatable bonds is 4. The van der Waals surface area contributed by atoms with Crippen LogP contribution in [0.25, 0.3) is 17.0 Å². The van der Waals surface area contributed by atoms with Gasteiger partial charge in [-0.25, -0.2) is 4.98 Å². The fraction of sp³-hybridized carbons (Fsp3) is 0.333. The third-order valence-electron chi connectivity index (χ3n) is 5.05. The molecule has 0 atom stereocenters. The van der Waals surface area contributed by atoms with Gasteiger partial charge in [0.15, 0.2) is 0 Å².